The van der Waals surface area contributed by atoms with Crippen LogP contribution in [0.5, 0.6) is 0 Å². The van der Waals surface area contributed by atoms with Crippen molar-refractivity contribution < 1.29 is 4.39 Å². The third kappa shape index (κ3) is 1.88. The normalized spacial score (nSPS) is 31.9. The molecule has 0 radical (unpaired) electrons. The first kappa shape index (κ1) is 10.9. The standard InChI is InChI=1S/C10H15ClFN3/c1-15-9(8(11)6-14-15)10(12)4-2-3-7(13)5-10/h6-7H,2-5,13H2,1H3. The second kappa shape index (κ2) is 3.76. The highest BCUT2D eigenvalue weighted by Gasteiger charge is 2.40. The lowest BCUT2D eigenvalue weighted by molar-refractivity contribution is 0.0854. The number of hydrogen-bond acceptors (Lipinski definition) is 2. The van der Waals surface area contributed by atoms with E-state index in [0.717, 1.165) is 12.8 Å². The molecule has 5 heteroatoms. The average molecular weight is 232 g/mol. The molecule has 0 aliphatic heterocycles. The Morgan fingerprint density at radius 2 is 2.47 bits per heavy atom. The first-order valence-corrected chi connectivity index (χ1v) is 5.53. The van der Waals surface area contributed by atoms with Gasteiger partial charge >= 0.3 is 0 Å². The lowest BCUT2D eigenvalue weighted by Crippen LogP contribution is -2.37. The molecule has 1 aromatic heterocycles. The molecule has 0 aromatic carbocycles. The molecule has 0 spiro atoms. The van der Waals surface area contributed by atoms with Crippen molar-refractivity contribution in [1.82, 2.24) is 9.78 Å². The summed E-state index contributed by atoms with van der Waals surface area (Å²) in [5.41, 5.74) is 4.87. The summed E-state index contributed by atoms with van der Waals surface area (Å²) in [7, 11) is 1.71. The van der Waals surface area contributed by atoms with Gasteiger partial charge in [0.1, 0.15) is 0 Å². The van der Waals surface area contributed by atoms with Crippen LogP contribution in [-0.2, 0) is 12.7 Å². The Kier molecular flexibility index (Phi) is 2.73. The third-order valence-corrected chi connectivity index (χ3v) is 3.33. The Morgan fingerprint density at radius 3 is 3.00 bits per heavy atom. The van der Waals surface area contributed by atoms with E-state index in [1.807, 2.05) is 0 Å². The van der Waals surface area contributed by atoms with Crippen LogP contribution in [0.1, 0.15) is 31.4 Å². The van der Waals surface area contributed by atoms with Crippen LogP contribution in [0.3, 0.4) is 0 Å². The minimum Gasteiger partial charge on any atom is -0.328 e. The first-order valence-electron chi connectivity index (χ1n) is 5.15. The van der Waals surface area contributed by atoms with Gasteiger partial charge in [0.15, 0.2) is 5.67 Å². The molecule has 0 saturated heterocycles. The first-order chi connectivity index (χ1) is 7.03. The van der Waals surface area contributed by atoms with E-state index in [1.54, 1.807) is 7.05 Å². The monoisotopic (exact) mass is 231 g/mol. The van der Waals surface area contributed by atoms with Crippen molar-refractivity contribution in [2.75, 3.05) is 0 Å². The van der Waals surface area contributed by atoms with Crippen LogP contribution < -0.4 is 5.73 Å². The summed E-state index contributed by atoms with van der Waals surface area (Å²) in [6, 6.07) is -0.0743. The molecule has 0 bridgehead atoms. The summed E-state index contributed by atoms with van der Waals surface area (Å²) in [4.78, 5) is 0. The molecule has 84 valence electrons. The minimum atomic E-state index is -1.40. The quantitative estimate of drug-likeness (QED) is 0.805. The molecule has 1 fully saturated rings. The van der Waals surface area contributed by atoms with Gasteiger partial charge in [0.05, 0.1) is 16.9 Å². The van der Waals surface area contributed by atoms with Crippen molar-refractivity contribution in [3.8, 4) is 0 Å². The second-order valence-electron chi connectivity index (χ2n) is 4.29. The highest BCUT2D eigenvalue weighted by molar-refractivity contribution is 6.31. The van der Waals surface area contributed by atoms with Crippen molar-refractivity contribution in [2.24, 2.45) is 12.8 Å². The van der Waals surface area contributed by atoms with E-state index in [4.69, 9.17) is 17.3 Å². The smallest absolute Gasteiger partial charge is 0.155 e. The van der Waals surface area contributed by atoms with Crippen molar-refractivity contribution >= 4 is 11.6 Å². The number of aryl methyl sites for hydroxylation is 1. The topological polar surface area (TPSA) is 43.8 Å². The van der Waals surface area contributed by atoms with Crippen molar-refractivity contribution in [2.45, 2.75) is 37.4 Å². The van der Waals surface area contributed by atoms with E-state index < -0.39 is 5.67 Å². The zero-order valence-electron chi connectivity index (χ0n) is 8.71. The summed E-state index contributed by atoms with van der Waals surface area (Å²) in [6.45, 7) is 0. The number of rotatable bonds is 1. The summed E-state index contributed by atoms with van der Waals surface area (Å²) < 4.78 is 16.2. The molecule has 1 aliphatic rings. The number of hydrogen-bond donors (Lipinski definition) is 1. The molecular weight excluding hydrogens is 217 g/mol. The predicted molar refractivity (Wildman–Crippen MR) is 57.4 cm³/mol. The van der Waals surface area contributed by atoms with Gasteiger partial charge in [-0.1, -0.05) is 11.6 Å². The van der Waals surface area contributed by atoms with Gasteiger partial charge in [-0.25, -0.2) is 4.39 Å². The van der Waals surface area contributed by atoms with Gasteiger partial charge in [0, 0.05) is 19.5 Å². The largest absolute Gasteiger partial charge is 0.328 e. The molecule has 3 nitrogen and oxygen atoms in total. The highest BCUT2D eigenvalue weighted by Crippen LogP contribution is 2.42. The van der Waals surface area contributed by atoms with Crippen LogP contribution in [-0.4, -0.2) is 15.8 Å². The van der Waals surface area contributed by atoms with E-state index >= 15 is 0 Å². The minimum absolute atomic E-state index is 0.0743. The molecule has 2 N–H and O–H groups in total. The number of nitrogens with zero attached hydrogens (tertiary/aromatic N) is 2. The Hall–Kier alpha value is -0.610. The van der Waals surface area contributed by atoms with E-state index in [1.165, 1.54) is 10.9 Å². The summed E-state index contributed by atoms with van der Waals surface area (Å²) in [6.07, 6.45) is 4.00. The maximum Gasteiger partial charge on any atom is 0.155 e. The van der Waals surface area contributed by atoms with Gasteiger partial charge in [-0.2, -0.15) is 5.10 Å². The van der Waals surface area contributed by atoms with Gasteiger partial charge in [-0.3, -0.25) is 4.68 Å². The Morgan fingerprint density at radius 1 is 1.73 bits per heavy atom. The molecule has 0 amide bonds. The third-order valence-electron chi connectivity index (χ3n) is 3.05. The maximum atomic E-state index is 14.7. The molecule has 1 aliphatic carbocycles. The van der Waals surface area contributed by atoms with Crippen molar-refractivity contribution in [3.63, 3.8) is 0 Å². The van der Waals surface area contributed by atoms with E-state index in [2.05, 4.69) is 5.10 Å². The molecule has 2 atom stereocenters. The predicted octanol–water partition coefficient (Wildman–Crippen LogP) is 2.14. The van der Waals surface area contributed by atoms with Crippen LogP contribution in [0.15, 0.2) is 6.20 Å². The fourth-order valence-corrected chi connectivity index (χ4v) is 2.73. The number of alkyl halides is 1. The Bertz CT molecular complexity index is 346. The molecular formula is C10H15ClFN3. The molecule has 1 heterocycles. The van der Waals surface area contributed by atoms with Gasteiger partial charge in [-0.15, -0.1) is 0 Å². The van der Waals surface area contributed by atoms with Gasteiger partial charge in [0.25, 0.3) is 0 Å². The molecule has 2 rings (SSSR count). The average Bonchev–Trinajstić information content (AvgIpc) is 2.46. The maximum absolute atomic E-state index is 14.7. The zero-order valence-corrected chi connectivity index (χ0v) is 9.47. The fourth-order valence-electron chi connectivity index (χ4n) is 2.39. The summed E-state index contributed by atoms with van der Waals surface area (Å²) in [5.74, 6) is 0. The highest BCUT2D eigenvalue weighted by atomic mass is 35.5. The van der Waals surface area contributed by atoms with Gasteiger partial charge in [-0.05, 0) is 19.3 Å². The Balaban J connectivity index is 2.36. The van der Waals surface area contributed by atoms with E-state index in [9.17, 15) is 4.39 Å². The van der Waals surface area contributed by atoms with Crippen LogP contribution in [0.25, 0.3) is 0 Å². The lowest BCUT2D eigenvalue weighted by Gasteiger charge is -2.33. The zero-order chi connectivity index (χ0) is 11.1. The van der Waals surface area contributed by atoms with Gasteiger partial charge < -0.3 is 5.73 Å². The second-order valence-corrected chi connectivity index (χ2v) is 4.69. The van der Waals surface area contributed by atoms with E-state index in [-0.39, 0.29) is 6.04 Å². The molecule has 2 unspecified atom stereocenters. The molecule has 1 aromatic rings. The van der Waals surface area contributed by atoms with Crippen LogP contribution in [0, 0.1) is 0 Å². The summed E-state index contributed by atoms with van der Waals surface area (Å²) in [5, 5.41) is 4.36. The summed E-state index contributed by atoms with van der Waals surface area (Å²) >= 11 is 5.95. The van der Waals surface area contributed by atoms with Gasteiger partial charge in [0.2, 0.25) is 0 Å². The SMILES string of the molecule is Cn1ncc(Cl)c1C1(F)CCCC(N)C1. The van der Waals surface area contributed by atoms with Crippen molar-refractivity contribution in [3.05, 3.63) is 16.9 Å². The van der Waals surface area contributed by atoms with E-state index in [0.29, 0.717) is 23.6 Å². The molecule has 1 saturated carbocycles. The Labute approximate surface area is 93.4 Å². The molecule has 15 heavy (non-hydrogen) atoms. The fraction of sp³-hybridized carbons (Fsp3) is 0.700. The van der Waals surface area contributed by atoms with Crippen LogP contribution in [0.2, 0.25) is 5.02 Å². The van der Waals surface area contributed by atoms with Crippen LogP contribution in [0.4, 0.5) is 4.39 Å². The lowest BCUT2D eigenvalue weighted by atomic mass is 9.81. The van der Waals surface area contributed by atoms with Crippen LogP contribution >= 0.6 is 11.6 Å². The number of aromatic nitrogens is 2. The van der Waals surface area contributed by atoms with Crippen molar-refractivity contribution in [1.29, 1.82) is 0 Å². The number of halogens is 2. The number of nitrogens with two attached hydrogens (primary N) is 1.